The van der Waals surface area contributed by atoms with Crippen LogP contribution in [0, 0.1) is 0 Å². The first-order valence-electron chi connectivity index (χ1n) is 9.01. The van der Waals surface area contributed by atoms with Crippen molar-refractivity contribution in [1.82, 2.24) is 4.90 Å². The number of hydrogen-bond donors (Lipinski definition) is 2. The second-order valence-corrected chi connectivity index (χ2v) is 7.76. The molecular weight excluding hydrogens is 362 g/mol. The third-order valence-electron chi connectivity index (χ3n) is 4.88. The molecule has 4 rings (SSSR count). The fraction of sp³-hybridized carbons (Fsp3) is 0.300. The van der Waals surface area contributed by atoms with Crippen LogP contribution in [0.2, 0.25) is 0 Å². The monoisotopic (exact) mass is 383 g/mol. The fourth-order valence-corrected chi connectivity index (χ4v) is 4.35. The van der Waals surface area contributed by atoms with E-state index < -0.39 is 0 Å². The standard InChI is InChI=1S/C20H21N3O3S/c24-17-4-2-1-3-16(17)22-8-10-23(11-9-22)20(26)14-5-6-18-15(13-14)21-19(25)7-12-27-18/h1-6,13,24H,7-12H2,(H,21,25). The van der Waals surface area contributed by atoms with Gasteiger partial charge in [-0.3, -0.25) is 9.59 Å². The molecule has 2 aliphatic heterocycles. The first-order valence-corrected chi connectivity index (χ1v) is 9.99. The van der Waals surface area contributed by atoms with Gasteiger partial charge in [0.1, 0.15) is 5.75 Å². The van der Waals surface area contributed by atoms with Crippen molar-refractivity contribution in [2.24, 2.45) is 0 Å². The molecule has 2 amide bonds. The number of thioether (sulfide) groups is 1. The van der Waals surface area contributed by atoms with E-state index in [0.29, 0.717) is 38.2 Å². The molecule has 2 aromatic carbocycles. The van der Waals surface area contributed by atoms with Gasteiger partial charge in [-0.1, -0.05) is 12.1 Å². The largest absolute Gasteiger partial charge is 0.506 e. The van der Waals surface area contributed by atoms with Gasteiger partial charge in [-0.25, -0.2) is 0 Å². The molecule has 1 fully saturated rings. The molecule has 6 nitrogen and oxygen atoms in total. The average Bonchev–Trinajstić information content (AvgIpc) is 2.88. The Bertz CT molecular complexity index is 879. The van der Waals surface area contributed by atoms with Gasteiger partial charge in [-0.2, -0.15) is 0 Å². The van der Waals surface area contributed by atoms with Crippen molar-refractivity contribution in [2.75, 3.05) is 42.1 Å². The lowest BCUT2D eigenvalue weighted by atomic mass is 10.1. The fourth-order valence-electron chi connectivity index (χ4n) is 3.42. The summed E-state index contributed by atoms with van der Waals surface area (Å²) in [7, 11) is 0. The highest BCUT2D eigenvalue weighted by molar-refractivity contribution is 7.99. The predicted octanol–water partition coefficient (Wildman–Crippen LogP) is 2.79. The molecule has 27 heavy (non-hydrogen) atoms. The van der Waals surface area contributed by atoms with Gasteiger partial charge >= 0.3 is 0 Å². The Morgan fingerprint density at radius 3 is 2.63 bits per heavy atom. The Morgan fingerprint density at radius 2 is 1.85 bits per heavy atom. The van der Waals surface area contributed by atoms with E-state index in [9.17, 15) is 14.7 Å². The van der Waals surface area contributed by atoms with Gasteiger partial charge in [-0.05, 0) is 30.3 Å². The van der Waals surface area contributed by atoms with E-state index in [1.165, 1.54) is 0 Å². The summed E-state index contributed by atoms with van der Waals surface area (Å²) in [6.45, 7) is 2.51. The molecule has 0 aliphatic carbocycles. The second kappa shape index (κ2) is 7.52. The van der Waals surface area contributed by atoms with E-state index in [-0.39, 0.29) is 17.6 Å². The van der Waals surface area contributed by atoms with Crippen molar-refractivity contribution in [3.8, 4) is 5.75 Å². The smallest absolute Gasteiger partial charge is 0.254 e. The number of piperazine rings is 1. The minimum Gasteiger partial charge on any atom is -0.506 e. The lowest BCUT2D eigenvalue weighted by molar-refractivity contribution is -0.115. The van der Waals surface area contributed by atoms with Gasteiger partial charge in [0.15, 0.2) is 0 Å². The molecule has 0 bridgehead atoms. The number of phenolic OH excluding ortho intramolecular Hbond substituents is 1. The van der Waals surface area contributed by atoms with E-state index >= 15 is 0 Å². The number of aromatic hydroxyl groups is 1. The lowest BCUT2D eigenvalue weighted by Crippen LogP contribution is -2.48. The zero-order chi connectivity index (χ0) is 18.8. The van der Waals surface area contributed by atoms with Crippen LogP contribution in [-0.4, -0.2) is 53.8 Å². The normalized spacial score (nSPS) is 17.1. The zero-order valence-electron chi connectivity index (χ0n) is 14.9. The third kappa shape index (κ3) is 3.73. The van der Waals surface area contributed by atoms with Crippen molar-refractivity contribution >= 4 is 35.0 Å². The quantitative estimate of drug-likeness (QED) is 0.834. The van der Waals surface area contributed by atoms with Crippen LogP contribution in [0.5, 0.6) is 5.75 Å². The number of rotatable bonds is 2. The minimum absolute atomic E-state index is 0.0119. The number of nitrogens with zero attached hydrogens (tertiary/aromatic N) is 2. The molecule has 2 heterocycles. The summed E-state index contributed by atoms with van der Waals surface area (Å²) in [6, 6.07) is 12.8. The maximum atomic E-state index is 12.9. The highest BCUT2D eigenvalue weighted by atomic mass is 32.2. The van der Waals surface area contributed by atoms with E-state index in [4.69, 9.17) is 0 Å². The van der Waals surface area contributed by atoms with Gasteiger partial charge in [0, 0.05) is 48.8 Å². The first-order chi connectivity index (χ1) is 13.1. The molecule has 2 N–H and O–H groups in total. The van der Waals surface area contributed by atoms with E-state index in [2.05, 4.69) is 10.2 Å². The molecule has 0 atom stereocenters. The number of carbonyl (C=O) groups excluding carboxylic acids is 2. The summed E-state index contributed by atoms with van der Waals surface area (Å²) in [5.41, 5.74) is 2.11. The van der Waals surface area contributed by atoms with E-state index in [1.54, 1.807) is 30.0 Å². The molecule has 7 heteroatoms. The predicted molar refractivity (Wildman–Crippen MR) is 107 cm³/mol. The van der Waals surface area contributed by atoms with Crippen molar-refractivity contribution in [3.63, 3.8) is 0 Å². The van der Waals surface area contributed by atoms with Crippen LogP contribution >= 0.6 is 11.8 Å². The Kier molecular flexibility index (Phi) is 4.94. The second-order valence-electron chi connectivity index (χ2n) is 6.63. The Labute approximate surface area is 162 Å². The molecule has 2 aliphatic rings. The number of nitrogens with one attached hydrogen (secondary N) is 1. The maximum absolute atomic E-state index is 12.9. The number of carbonyl (C=O) groups is 2. The molecular formula is C20H21N3O3S. The molecule has 0 saturated carbocycles. The topological polar surface area (TPSA) is 72.9 Å². The van der Waals surface area contributed by atoms with Crippen LogP contribution in [0.3, 0.4) is 0 Å². The van der Waals surface area contributed by atoms with Gasteiger partial charge in [0.05, 0.1) is 11.4 Å². The van der Waals surface area contributed by atoms with Crippen molar-refractivity contribution in [3.05, 3.63) is 48.0 Å². The number of benzene rings is 2. The number of amides is 2. The number of fused-ring (bicyclic) bond motifs is 1. The van der Waals surface area contributed by atoms with Gasteiger partial charge in [0.25, 0.3) is 5.91 Å². The summed E-state index contributed by atoms with van der Waals surface area (Å²) in [5, 5.41) is 12.9. The summed E-state index contributed by atoms with van der Waals surface area (Å²) in [5.74, 6) is 0.970. The number of hydrogen-bond acceptors (Lipinski definition) is 5. The van der Waals surface area contributed by atoms with Gasteiger partial charge in [0.2, 0.25) is 5.91 Å². The molecule has 1 saturated heterocycles. The summed E-state index contributed by atoms with van der Waals surface area (Å²) in [6.07, 6.45) is 0.483. The Hall–Kier alpha value is -2.67. The van der Waals surface area contributed by atoms with E-state index in [1.807, 2.05) is 29.2 Å². The third-order valence-corrected chi connectivity index (χ3v) is 5.95. The summed E-state index contributed by atoms with van der Waals surface area (Å²) >= 11 is 1.63. The lowest BCUT2D eigenvalue weighted by Gasteiger charge is -2.36. The van der Waals surface area contributed by atoms with Gasteiger partial charge in [-0.15, -0.1) is 11.8 Å². The summed E-state index contributed by atoms with van der Waals surface area (Å²) in [4.78, 5) is 29.6. The van der Waals surface area contributed by atoms with Crippen LogP contribution < -0.4 is 10.2 Å². The molecule has 0 spiro atoms. The van der Waals surface area contributed by atoms with Crippen LogP contribution in [0.15, 0.2) is 47.4 Å². The average molecular weight is 383 g/mol. The molecule has 140 valence electrons. The number of para-hydroxylation sites is 2. The maximum Gasteiger partial charge on any atom is 0.254 e. The van der Waals surface area contributed by atoms with Crippen LogP contribution in [0.4, 0.5) is 11.4 Å². The van der Waals surface area contributed by atoms with Crippen LogP contribution in [0.25, 0.3) is 0 Å². The highest BCUT2D eigenvalue weighted by Crippen LogP contribution is 2.32. The Morgan fingerprint density at radius 1 is 1.07 bits per heavy atom. The van der Waals surface area contributed by atoms with Crippen molar-refractivity contribution < 1.29 is 14.7 Å². The minimum atomic E-state index is -0.0294. The molecule has 2 aromatic rings. The van der Waals surface area contributed by atoms with E-state index in [0.717, 1.165) is 22.0 Å². The van der Waals surface area contributed by atoms with Gasteiger partial charge < -0.3 is 20.2 Å². The highest BCUT2D eigenvalue weighted by Gasteiger charge is 2.24. The first kappa shape index (κ1) is 17.7. The SMILES string of the molecule is O=C1CCSc2ccc(C(=O)N3CCN(c4ccccc4O)CC3)cc2N1. The van der Waals surface area contributed by atoms with Crippen LogP contribution in [-0.2, 0) is 4.79 Å². The van der Waals surface area contributed by atoms with Crippen LogP contribution in [0.1, 0.15) is 16.8 Å². The van der Waals surface area contributed by atoms with Crippen molar-refractivity contribution in [2.45, 2.75) is 11.3 Å². The molecule has 0 unspecified atom stereocenters. The molecule has 0 radical (unpaired) electrons. The number of phenols is 1. The zero-order valence-corrected chi connectivity index (χ0v) is 15.7. The number of anilines is 2. The molecule has 0 aromatic heterocycles. The Balaban J connectivity index is 1.45. The summed E-state index contributed by atoms with van der Waals surface area (Å²) < 4.78 is 0. The van der Waals surface area contributed by atoms with Crippen molar-refractivity contribution in [1.29, 1.82) is 0 Å².